The average Bonchev–Trinajstić information content (AvgIpc) is 3.18. The molecule has 1 amide bonds. The number of halogens is 2. The molecule has 1 saturated carbocycles. The normalized spacial score (nSPS) is 25.4. The summed E-state index contributed by atoms with van der Waals surface area (Å²) < 4.78 is 45.9. The zero-order valence-electron chi connectivity index (χ0n) is 15.6. The number of benzene rings is 2. The standard InChI is InChI=1S/C21H19BrFNO4S/c1-28-14-9-7-13(8-10-14)12-24-19-17(11-16(18(19)22)21(24)25)20(23)29(26,27)15-5-3-2-4-6-15/h2-10,16,18-19H,11-12H2,1H3/b20-17-/t16-,18?,19+/m0/s1. The van der Waals surface area contributed by atoms with Gasteiger partial charge in [-0.15, -0.1) is 0 Å². The molecule has 1 aliphatic carbocycles. The number of alkyl halides is 1. The van der Waals surface area contributed by atoms with Crippen LogP contribution in [0.2, 0.25) is 0 Å². The molecule has 0 radical (unpaired) electrons. The van der Waals surface area contributed by atoms with E-state index in [-0.39, 0.29) is 34.2 Å². The second-order valence-corrected chi connectivity index (χ2v) is 10.0. The molecule has 1 saturated heterocycles. The highest BCUT2D eigenvalue weighted by molar-refractivity contribution is 9.09. The summed E-state index contributed by atoms with van der Waals surface area (Å²) in [5.41, 5.74) is 1.02. The molecule has 0 N–H and O–H groups in total. The van der Waals surface area contributed by atoms with Crippen molar-refractivity contribution in [3.8, 4) is 5.75 Å². The molecule has 2 fully saturated rings. The van der Waals surface area contributed by atoms with Gasteiger partial charge in [-0.1, -0.05) is 46.3 Å². The number of hydrogen-bond donors (Lipinski definition) is 0. The summed E-state index contributed by atoms with van der Waals surface area (Å²) in [4.78, 5) is 13.9. The Bertz CT molecular complexity index is 1070. The van der Waals surface area contributed by atoms with Crippen molar-refractivity contribution in [2.45, 2.75) is 28.7 Å². The van der Waals surface area contributed by atoms with Gasteiger partial charge in [0, 0.05) is 12.1 Å². The molecule has 2 aliphatic rings. The summed E-state index contributed by atoms with van der Waals surface area (Å²) >= 11 is 3.50. The first-order valence-electron chi connectivity index (χ1n) is 9.10. The second kappa shape index (κ2) is 7.57. The molecule has 2 bridgehead atoms. The summed E-state index contributed by atoms with van der Waals surface area (Å²) in [7, 11) is -2.68. The Morgan fingerprint density at radius 1 is 1.17 bits per heavy atom. The highest BCUT2D eigenvalue weighted by Gasteiger charge is 2.56. The largest absolute Gasteiger partial charge is 0.497 e. The summed E-state index contributed by atoms with van der Waals surface area (Å²) in [6, 6.07) is 14.1. The number of rotatable bonds is 5. The van der Waals surface area contributed by atoms with E-state index in [1.807, 2.05) is 12.1 Å². The number of methoxy groups -OCH3 is 1. The zero-order valence-corrected chi connectivity index (χ0v) is 18.0. The number of carbonyl (C=O) groups excluding carboxylic acids is 1. The SMILES string of the molecule is COc1ccc(CN2C(=O)[C@H]3C/C(=C(\F)S(=O)(=O)c4ccccc4)[C@@H]2C3Br)cc1. The van der Waals surface area contributed by atoms with Crippen molar-refractivity contribution in [2.24, 2.45) is 5.92 Å². The quantitative estimate of drug-likeness (QED) is 0.611. The number of hydrogen-bond acceptors (Lipinski definition) is 4. The van der Waals surface area contributed by atoms with Crippen LogP contribution in [0.3, 0.4) is 0 Å². The third-order valence-corrected chi connectivity index (χ3v) is 8.24. The lowest BCUT2D eigenvalue weighted by Crippen LogP contribution is -2.39. The number of carbonyl (C=O) groups is 1. The van der Waals surface area contributed by atoms with Gasteiger partial charge in [0.25, 0.3) is 0 Å². The summed E-state index contributed by atoms with van der Waals surface area (Å²) in [5.74, 6) is 0.133. The molecule has 2 aromatic rings. The fourth-order valence-electron chi connectivity index (χ4n) is 3.99. The van der Waals surface area contributed by atoms with Crippen molar-refractivity contribution in [3.63, 3.8) is 0 Å². The van der Waals surface area contributed by atoms with Crippen molar-refractivity contribution in [3.05, 3.63) is 70.9 Å². The van der Waals surface area contributed by atoms with E-state index in [9.17, 15) is 13.2 Å². The third-order valence-electron chi connectivity index (χ3n) is 5.47. The highest BCUT2D eigenvalue weighted by Crippen LogP contribution is 2.49. The number of likely N-dealkylation sites (tertiary alicyclic amines) is 1. The molecule has 1 aliphatic heterocycles. The van der Waals surface area contributed by atoms with Gasteiger partial charge in [0.15, 0.2) is 0 Å². The van der Waals surface area contributed by atoms with Crippen LogP contribution in [-0.4, -0.2) is 37.2 Å². The van der Waals surface area contributed by atoms with Crippen LogP contribution in [-0.2, 0) is 21.2 Å². The van der Waals surface area contributed by atoms with E-state index in [4.69, 9.17) is 4.74 Å². The Balaban J connectivity index is 1.68. The first kappa shape index (κ1) is 20.1. The molecule has 1 heterocycles. The number of sulfone groups is 1. The fourth-order valence-corrected chi connectivity index (χ4v) is 6.28. The first-order valence-corrected chi connectivity index (χ1v) is 11.5. The van der Waals surface area contributed by atoms with E-state index >= 15 is 4.39 Å². The molecule has 3 atom stereocenters. The van der Waals surface area contributed by atoms with Crippen LogP contribution in [0.5, 0.6) is 5.75 Å². The minimum Gasteiger partial charge on any atom is -0.497 e. The lowest BCUT2D eigenvalue weighted by Gasteiger charge is -2.29. The third kappa shape index (κ3) is 3.38. The van der Waals surface area contributed by atoms with Gasteiger partial charge in [-0.2, -0.15) is 4.39 Å². The minimum atomic E-state index is -4.25. The molecule has 0 aromatic heterocycles. The van der Waals surface area contributed by atoms with Crippen LogP contribution < -0.4 is 4.74 Å². The van der Waals surface area contributed by atoms with Gasteiger partial charge >= 0.3 is 0 Å². The highest BCUT2D eigenvalue weighted by atomic mass is 79.9. The summed E-state index contributed by atoms with van der Waals surface area (Å²) in [6.07, 6.45) is 0.108. The molecule has 2 aromatic carbocycles. The molecule has 152 valence electrons. The van der Waals surface area contributed by atoms with Gasteiger partial charge in [0.1, 0.15) is 5.75 Å². The monoisotopic (exact) mass is 479 g/mol. The van der Waals surface area contributed by atoms with Crippen LogP contribution in [0, 0.1) is 5.92 Å². The first-order chi connectivity index (χ1) is 13.8. The van der Waals surface area contributed by atoms with Gasteiger partial charge in [-0.3, -0.25) is 4.79 Å². The van der Waals surface area contributed by atoms with E-state index in [2.05, 4.69) is 15.9 Å². The molecular weight excluding hydrogens is 461 g/mol. The zero-order chi connectivity index (χ0) is 20.8. The Morgan fingerprint density at radius 2 is 1.83 bits per heavy atom. The van der Waals surface area contributed by atoms with Crippen LogP contribution in [0.4, 0.5) is 4.39 Å². The lowest BCUT2D eigenvalue weighted by molar-refractivity contribution is -0.133. The number of nitrogens with zero attached hydrogens (tertiary/aromatic N) is 1. The van der Waals surface area contributed by atoms with Gasteiger partial charge in [-0.05, 0) is 36.2 Å². The molecule has 5 nitrogen and oxygen atoms in total. The second-order valence-electron chi connectivity index (χ2n) is 7.13. The van der Waals surface area contributed by atoms with Crippen molar-refractivity contribution in [1.82, 2.24) is 4.90 Å². The van der Waals surface area contributed by atoms with Crippen molar-refractivity contribution in [1.29, 1.82) is 0 Å². The predicted molar refractivity (Wildman–Crippen MR) is 110 cm³/mol. The smallest absolute Gasteiger partial charge is 0.233 e. The van der Waals surface area contributed by atoms with E-state index in [0.717, 1.165) is 5.56 Å². The van der Waals surface area contributed by atoms with Crippen LogP contribution in [0.1, 0.15) is 12.0 Å². The molecule has 4 rings (SSSR count). The molecule has 1 unspecified atom stereocenters. The Kier molecular flexibility index (Phi) is 5.25. The number of ether oxygens (including phenoxy) is 1. The van der Waals surface area contributed by atoms with E-state index in [0.29, 0.717) is 5.75 Å². The summed E-state index contributed by atoms with van der Waals surface area (Å²) in [6.45, 7) is 0.272. The molecule has 8 heteroatoms. The van der Waals surface area contributed by atoms with Crippen molar-refractivity contribution in [2.75, 3.05) is 7.11 Å². The molecular formula is C21H19BrFNO4S. The average molecular weight is 480 g/mol. The maximum atomic E-state index is 15.3. The number of amides is 1. The number of piperidine rings is 1. The Hall–Kier alpha value is -2.19. The van der Waals surface area contributed by atoms with E-state index in [1.54, 1.807) is 42.3 Å². The Morgan fingerprint density at radius 3 is 2.41 bits per heavy atom. The van der Waals surface area contributed by atoms with Crippen LogP contribution >= 0.6 is 15.9 Å². The van der Waals surface area contributed by atoms with E-state index in [1.165, 1.54) is 12.1 Å². The molecule has 0 spiro atoms. The maximum Gasteiger partial charge on any atom is 0.233 e. The van der Waals surface area contributed by atoms with Gasteiger partial charge in [-0.25, -0.2) is 8.42 Å². The maximum absolute atomic E-state index is 15.3. The van der Waals surface area contributed by atoms with Gasteiger partial charge in [0.2, 0.25) is 20.9 Å². The lowest BCUT2D eigenvalue weighted by atomic mass is 10.0. The van der Waals surface area contributed by atoms with Crippen LogP contribution in [0.25, 0.3) is 0 Å². The van der Waals surface area contributed by atoms with Crippen molar-refractivity contribution >= 4 is 31.7 Å². The predicted octanol–water partition coefficient (Wildman–Crippen LogP) is 3.84. The minimum absolute atomic E-state index is 0.0908. The molecule has 29 heavy (non-hydrogen) atoms. The fraction of sp³-hybridized carbons (Fsp3) is 0.286. The van der Waals surface area contributed by atoms with E-state index < -0.39 is 27.0 Å². The summed E-state index contributed by atoms with van der Waals surface area (Å²) in [5, 5.41) is -1.15. The van der Waals surface area contributed by atoms with Crippen molar-refractivity contribution < 1.29 is 22.3 Å². The van der Waals surface area contributed by atoms with Gasteiger partial charge in [0.05, 0.1) is 28.8 Å². The topological polar surface area (TPSA) is 63.7 Å². The van der Waals surface area contributed by atoms with Gasteiger partial charge < -0.3 is 9.64 Å². The number of fused-ring (bicyclic) bond motifs is 2. The van der Waals surface area contributed by atoms with Crippen LogP contribution in [0.15, 0.2) is 70.2 Å². The Labute approximate surface area is 177 Å².